The maximum absolute atomic E-state index is 13.5. The van der Waals surface area contributed by atoms with Gasteiger partial charge in [0.1, 0.15) is 5.82 Å². The van der Waals surface area contributed by atoms with Gasteiger partial charge in [0, 0.05) is 30.5 Å². The van der Waals surface area contributed by atoms with Crippen molar-refractivity contribution < 1.29 is 13.9 Å². The van der Waals surface area contributed by atoms with E-state index in [9.17, 15) is 9.18 Å². The van der Waals surface area contributed by atoms with E-state index >= 15 is 0 Å². The van der Waals surface area contributed by atoms with Gasteiger partial charge in [0.15, 0.2) is 0 Å². The van der Waals surface area contributed by atoms with Crippen LogP contribution in [-0.2, 0) is 17.8 Å². The normalized spacial score (nSPS) is 10.4. The van der Waals surface area contributed by atoms with Crippen LogP contribution in [0.25, 0.3) is 0 Å². The van der Waals surface area contributed by atoms with Gasteiger partial charge in [-0.2, -0.15) is 5.10 Å². The smallest absolute Gasteiger partial charge is 0.340 e. The predicted molar refractivity (Wildman–Crippen MR) is 77.6 cm³/mol. The molecule has 0 saturated heterocycles. The van der Waals surface area contributed by atoms with E-state index in [2.05, 4.69) is 22.1 Å². The number of methoxy groups -OCH3 is 1. The minimum absolute atomic E-state index is 0.0795. The van der Waals surface area contributed by atoms with E-state index in [-0.39, 0.29) is 5.56 Å². The number of anilines is 1. The van der Waals surface area contributed by atoms with Crippen molar-refractivity contribution in [2.75, 3.05) is 12.4 Å². The SMILES string of the molecule is CCCn1cc(CNc2ccc(F)c(C(=O)OC)c2)cn1. The van der Waals surface area contributed by atoms with E-state index in [0.29, 0.717) is 12.2 Å². The summed E-state index contributed by atoms with van der Waals surface area (Å²) in [5.74, 6) is -1.28. The first-order valence-electron chi connectivity index (χ1n) is 6.77. The fraction of sp³-hybridized carbons (Fsp3) is 0.333. The number of carbonyl (C=O) groups excluding carboxylic acids is 1. The molecule has 0 atom stereocenters. The molecule has 6 heteroatoms. The van der Waals surface area contributed by atoms with Gasteiger partial charge in [-0.1, -0.05) is 6.92 Å². The maximum Gasteiger partial charge on any atom is 0.340 e. The molecule has 0 bridgehead atoms. The highest BCUT2D eigenvalue weighted by Gasteiger charge is 2.12. The Morgan fingerprint density at radius 3 is 3.00 bits per heavy atom. The molecule has 0 spiro atoms. The van der Waals surface area contributed by atoms with Gasteiger partial charge < -0.3 is 10.1 Å². The third kappa shape index (κ3) is 3.81. The molecule has 0 unspecified atom stereocenters. The summed E-state index contributed by atoms with van der Waals surface area (Å²) < 4.78 is 19.9. The molecule has 1 aromatic heterocycles. The summed E-state index contributed by atoms with van der Waals surface area (Å²) >= 11 is 0. The average Bonchev–Trinajstić information content (AvgIpc) is 2.94. The summed E-state index contributed by atoms with van der Waals surface area (Å²) in [6.45, 7) is 3.52. The molecule has 1 N–H and O–H groups in total. The van der Waals surface area contributed by atoms with Crippen molar-refractivity contribution in [3.05, 3.63) is 47.5 Å². The Balaban J connectivity index is 2.04. The van der Waals surface area contributed by atoms with Gasteiger partial charge in [-0.05, 0) is 24.6 Å². The Kier molecular flexibility index (Phi) is 4.92. The van der Waals surface area contributed by atoms with Crippen molar-refractivity contribution >= 4 is 11.7 Å². The van der Waals surface area contributed by atoms with Crippen molar-refractivity contribution in [2.45, 2.75) is 26.4 Å². The zero-order valence-electron chi connectivity index (χ0n) is 12.1. The molecule has 21 heavy (non-hydrogen) atoms. The molecule has 0 saturated carbocycles. The van der Waals surface area contributed by atoms with E-state index in [4.69, 9.17) is 0 Å². The third-order valence-corrected chi connectivity index (χ3v) is 3.01. The number of hydrogen-bond donors (Lipinski definition) is 1. The number of esters is 1. The lowest BCUT2D eigenvalue weighted by Gasteiger charge is -2.07. The van der Waals surface area contributed by atoms with Crippen LogP contribution < -0.4 is 5.32 Å². The lowest BCUT2D eigenvalue weighted by atomic mass is 10.2. The molecule has 0 radical (unpaired) electrons. The molecule has 0 aliphatic rings. The molecule has 0 amide bonds. The van der Waals surface area contributed by atoms with Crippen LogP contribution in [0.15, 0.2) is 30.6 Å². The fourth-order valence-electron chi connectivity index (χ4n) is 1.95. The van der Waals surface area contributed by atoms with Crippen LogP contribution in [0.5, 0.6) is 0 Å². The molecule has 0 aliphatic heterocycles. The Morgan fingerprint density at radius 2 is 2.29 bits per heavy atom. The fourth-order valence-corrected chi connectivity index (χ4v) is 1.95. The zero-order valence-corrected chi connectivity index (χ0v) is 12.1. The number of ether oxygens (including phenoxy) is 1. The molecule has 1 heterocycles. The largest absolute Gasteiger partial charge is 0.465 e. The summed E-state index contributed by atoms with van der Waals surface area (Å²) in [5, 5.41) is 7.37. The van der Waals surface area contributed by atoms with Gasteiger partial charge in [-0.25, -0.2) is 9.18 Å². The van der Waals surface area contributed by atoms with Gasteiger partial charge >= 0.3 is 5.97 Å². The quantitative estimate of drug-likeness (QED) is 0.831. The number of hydrogen-bond acceptors (Lipinski definition) is 4. The topological polar surface area (TPSA) is 56.2 Å². The number of carbonyl (C=O) groups is 1. The van der Waals surface area contributed by atoms with Crippen LogP contribution in [0.4, 0.5) is 10.1 Å². The number of nitrogens with one attached hydrogen (secondary N) is 1. The summed E-state index contributed by atoms with van der Waals surface area (Å²) in [4.78, 5) is 11.4. The molecule has 5 nitrogen and oxygen atoms in total. The summed E-state index contributed by atoms with van der Waals surface area (Å²) in [6.07, 6.45) is 4.77. The number of nitrogens with zero attached hydrogens (tertiary/aromatic N) is 2. The second kappa shape index (κ2) is 6.88. The van der Waals surface area contributed by atoms with Crippen molar-refractivity contribution in [1.29, 1.82) is 0 Å². The van der Waals surface area contributed by atoms with E-state index in [1.165, 1.54) is 19.2 Å². The van der Waals surface area contributed by atoms with Crippen molar-refractivity contribution in [2.24, 2.45) is 0 Å². The first-order valence-corrected chi connectivity index (χ1v) is 6.77. The number of benzene rings is 1. The molecule has 2 aromatic rings. The number of rotatable bonds is 6. The van der Waals surface area contributed by atoms with Gasteiger partial charge in [0.2, 0.25) is 0 Å². The first-order chi connectivity index (χ1) is 10.1. The highest BCUT2D eigenvalue weighted by molar-refractivity contribution is 5.90. The molecular weight excluding hydrogens is 273 g/mol. The Labute approximate surface area is 122 Å². The minimum Gasteiger partial charge on any atom is -0.465 e. The van der Waals surface area contributed by atoms with Gasteiger partial charge in [0.05, 0.1) is 18.9 Å². The Bertz CT molecular complexity index is 625. The van der Waals surface area contributed by atoms with Crippen LogP contribution in [0, 0.1) is 5.82 Å². The molecule has 2 rings (SSSR count). The van der Waals surface area contributed by atoms with Crippen LogP contribution >= 0.6 is 0 Å². The van der Waals surface area contributed by atoms with Gasteiger partial charge in [0.25, 0.3) is 0 Å². The Morgan fingerprint density at radius 1 is 1.48 bits per heavy atom. The van der Waals surface area contributed by atoms with Gasteiger partial charge in [-0.3, -0.25) is 4.68 Å². The van der Waals surface area contributed by atoms with E-state index in [1.807, 2.05) is 10.9 Å². The summed E-state index contributed by atoms with van der Waals surface area (Å²) in [5.41, 5.74) is 1.59. The van der Waals surface area contributed by atoms with Crippen LogP contribution in [0.3, 0.4) is 0 Å². The van der Waals surface area contributed by atoms with E-state index in [1.54, 1.807) is 12.3 Å². The molecule has 1 aromatic carbocycles. The van der Waals surface area contributed by atoms with Crippen molar-refractivity contribution in [3.63, 3.8) is 0 Å². The predicted octanol–water partition coefficient (Wildman–Crippen LogP) is 2.83. The van der Waals surface area contributed by atoms with Crippen LogP contribution in [-0.4, -0.2) is 22.9 Å². The summed E-state index contributed by atoms with van der Waals surface area (Å²) in [6, 6.07) is 4.27. The first kappa shape index (κ1) is 15.0. The molecule has 0 aliphatic carbocycles. The second-order valence-corrected chi connectivity index (χ2v) is 4.65. The summed E-state index contributed by atoms with van der Waals surface area (Å²) in [7, 11) is 1.23. The number of aromatic nitrogens is 2. The van der Waals surface area contributed by atoms with Crippen LogP contribution in [0.2, 0.25) is 0 Å². The van der Waals surface area contributed by atoms with Crippen molar-refractivity contribution in [1.82, 2.24) is 9.78 Å². The molecule has 0 fully saturated rings. The minimum atomic E-state index is -0.688. The van der Waals surface area contributed by atoms with Gasteiger partial charge in [-0.15, -0.1) is 0 Å². The lowest BCUT2D eigenvalue weighted by molar-refractivity contribution is 0.0595. The molecule has 112 valence electrons. The number of aryl methyl sites for hydroxylation is 1. The maximum atomic E-state index is 13.5. The highest BCUT2D eigenvalue weighted by Crippen LogP contribution is 2.16. The van der Waals surface area contributed by atoms with E-state index < -0.39 is 11.8 Å². The highest BCUT2D eigenvalue weighted by atomic mass is 19.1. The van der Waals surface area contributed by atoms with E-state index in [0.717, 1.165) is 18.5 Å². The lowest BCUT2D eigenvalue weighted by Crippen LogP contribution is -2.06. The second-order valence-electron chi connectivity index (χ2n) is 4.65. The third-order valence-electron chi connectivity index (χ3n) is 3.01. The van der Waals surface area contributed by atoms with Crippen molar-refractivity contribution in [3.8, 4) is 0 Å². The number of halogens is 1. The molecular formula is C15H18FN3O2. The van der Waals surface area contributed by atoms with Crippen LogP contribution in [0.1, 0.15) is 29.3 Å². The zero-order chi connectivity index (χ0) is 15.2. The Hall–Kier alpha value is -2.37. The average molecular weight is 291 g/mol. The monoisotopic (exact) mass is 291 g/mol. The standard InChI is InChI=1S/C15H18FN3O2/c1-3-6-19-10-11(9-18-19)8-17-12-4-5-14(16)13(7-12)15(20)21-2/h4-5,7,9-10,17H,3,6,8H2,1-2H3.